The molecule has 0 saturated carbocycles. The molecular weight excluding hydrogens is 266 g/mol. The van der Waals surface area contributed by atoms with Crippen LogP contribution in [-0.2, 0) is 11.3 Å². The Bertz CT molecular complexity index is 508. The fraction of sp³-hybridized carbons (Fsp3) is 0.625. The maximum Gasteiger partial charge on any atom is 0.311 e. The van der Waals surface area contributed by atoms with E-state index in [1.54, 1.807) is 0 Å². The van der Waals surface area contributed by atoms with Crippen molar-refractivity contribution >= 4 is 5.97 Å². The molecule has 3 heterocycles. The van der Waals surface area contributed by atoms with Gasteiger partial charge in [0.05, 0.1) is 5.41 Å². The molecule has 0 unspecified atom stereocenters. The van der Waals surface area contributed by atoms with Gasteiger partial charge in [0.15, 0.2) is 0 Å². The average molecular weight is 289 g/mol. The Balaban J connectivity index is 1.75. The van der Waals surface area contributed by atoms with Crippen molar-refractivity contribution in [1.82, 2.24) is 14.8 Å². The second-order valence-corrected chi connectivity index (χ2v) is 6.40. The molecule has 0 radical (unpaired) electrons. The quantitative estimate of drug-likeness (QED) is 0.913. The van der Waals surface area contributed by atoms with Crippen LogP contribution in [0, 0.1) is 5.41 Å². The average Bonchev–Trinajstić information content (AvgIpc) is 2.49. The van der Waals surface area contributed by atoms with Gasteiger partial charge < -0.3 is 10.0 Å². The molecule has 1 aromatic rings. The van der Waals surface area contributed by atoms with Gasteiger partial charge in [-0.3, -0.25) is 14.7 Å². The molecule has 2 aliphatic heterocycles. The molecule has 5 heteroatoms. The molecule has 5 nitrogen and oxygen atoms in total. The highest BCUT2D eigenvalue weighted by molar-refractivity contribution is 5.76. The van der Waals surface area contributed by atoms with Crippen molar-refractivity contribution in [2.24, 2.45) is 5.41 Å². The smallest absolute Gasteiger partial charge is 0.311 e. The second kappa shape index (κ2) is 5.73. The monoisotopic (exact) mass is 289 g/mol. The summed E-state index contributed by atoms with van der Waals surface area (Å²) >= 11 is 0. The van der Waals surface area contributed by atoms with E-state index in [9.17, 15) is 9.90 Å². The van der Waals surface area contributed by atoms with E-state index in [1.165, 1.54) is 5.56 Å². The fourth-order valence-electron chi connectivity index (χ4n) is 3.93. The third-order valence-electron chi connectivity index (χ3n) is 5.19. The Hall–Kier alpha value is -1.46. The van der Waals surface area contributed by atoms with Gasteiger partial charge in [0.2, 0.25) is 0 Å². The number of rotatable bonds is 3. The number of fused-ring (bicyclic) bond motifs is 1. The maximum absolute atomic E-state index is 11.9. The number of pyridine rings is 1. The van der Waals surface area contributed by atoms with E-state index < -0.39 is 11.4 Å². The van der Waals surface area contributed by atoms with Crippen molar-refractivity contribution < 1.29 is 9.90 Å². The number of likely N-dealkylation sites (N-methyl/N-ethyl adjacent to an activating group) is 1. The van der Waals surface area contributed by atoms with Crippen LogP contribution in [0.2, 0.25) is 0 Å². The van der Waals surface area contributed by atoms with Gasteiger partial charge in [-0.1, -0.05) is 0 Å². The Kier molecular flexibility index (Phi) is 3.95. The zero-order valence-electron chi connectivity index (χ0n) is 12.5. The van der Waals surface area contributed by atoms with Gasteiger partial charge >= 0.3 is 5.97 Å². The molecule has 0 aromatic carbocycles. The molecule has 2 fully saturated rings. The molecule has 0 aliphatic carbocycles. The normalized spacial score (nSPS) is 30.8. The van der Waals surface area contributed by atoms with Gasteiger partial charge in [-0.05, 0) is 57.1 Å². The van der Waals surface area contributed by atoms with Gasteiger partial charge in [-0.15, -0.1) is 0 Å². The first-order valence-electron chi connectivity index (χ1n) is 7.67. The Morgan fingerprint density at radius 2 is 2.14 bits per heavy atom. The predicted octanol–water partition coefficient (Wildman–Crippen LogP) is 1.45. The summed E-state index contributed by atoms with van der Waals surface area (Å²) in [6, 6.07) is 4.19. The number of hydrogen-bond donors (Lipinski definition) is 1. The first-order valence-corrected chi connectivity index (χ1v) is 7.67. The van der Waals surface area contributed by atoms with Crippen LogP contribution in [0.5, 0.6) is 0 Å². The Morgan fingerprint density at radius 3 is 2.86 bits per heavy atom. The lowest BCUT2D eigenvalue weighted by atomic mass is 9.68. The molecule has 0 amide bonds. The van der Waals surface area contributed by atoms with Crippen molar-refractivity contribution in [2.75, 3.05) is 26.7 Å². The standard InChI is InChI=1S/C16H23N3O2/c1-18-9-2-5-16(15(20)21)6-10-19(12-14(16)18)11-13-3-7-17-8-4-13/h3-4,7-8,14H,2,5-6,9-12H2,1H3,(H,20,21)/t14-,16+/m1/s1. The lowest BCUT2D eigenvalue weighted by Gasteiger charge is -2.51. The number of carbonyl (C=O) groups is 1. The van der Waals surface area contributed by atoms with Crippen molar-refractivity contribution in [1.29, 1.82) is 0 Å². The number of hydrogen-bond acceptors (Lipinski definition) is 4. The number of aromatic nitrogens is 1. The summed E-state index contributed by atoms with van der Waals surface area (Å²) in [6.45, 7) is 3.58. The molecular formula is C16H23N3O2. The minimum atomic E-state index is -0.609. The van der Waals surface area contributed by atoms with E-state index in [1.807, 2.05) is 24.5 Å². The lowest BCUT2D eigenvalue weighted by Crippen LogP contribution is -2.62. The highest BCUT2D eigenvalue weighted by atomic mass is 16.4. The van der Waals surface area contributed by atoms with Gasteiger partial charge in [0, 0.05) is 31.5 Å². The Morgan fingerprint density at radius 1 is 1.38 bits per heavy atom. The van der Waals surface area contributed by atoms with E-state index in [4.69, 9.17) is 0 Å². The number of likely N-dealkylation sites (tertiary alicyclic amines) is 2. The van der Waals surface area contributed by atoms with Crippen molar-refractivity contribution in [3.63, 3.8) is 0 Å². The van der Waals surface area contributed by atoms with E-state index in [-0.39, 0.29) is 6.04 Å². The summed E-state index contributed by atoms with van der Waals surface area (Å²) in [5.41, 5.74) is 0.702. The number of carboxylic acids is 1. The zero-order valence-corrected chi connectivity index (χ0v) is 12.5. The topological polar surface area (TPSA) is 56.7 Å². The van der Waals surface area contributed by atoms with Gasteiger partial charge in [0.1, 0.15) is 0 Å². The summed E-state index contributed by atoms with van der Waals surface area (Å²) in [5.74, 6) is -0.609. The van der Waals surface area contributed by atoms with E-state index in [0.717, 1.165) is 45.4 Å². The summed E-state index contributed by atoms with van der Waals surface area (Å²) in [4.78, 5) is 20.5. The van der Waals surface area contributed by atoms with Gasteiger partial charge in [0.25, 0.3) is 0 Å². The SMILES string of the molecule is CN1CCC[C@]2(C(=O)O)CCN(Cc3ccncc3)C[C@@H]12. The maximum atomic E-state index is 11.9. The number of carboxylic acid groups (broad SMARTS) is 1. The minimum absolute atomic E-state index is 0.124. The summed E-state index contributed by atoms with van der Waals surface area (Å²) < 4.78 is 0. The van der Waals surface area contributed by atoms with Crippen LogP contribution in [0.25, 0.3) is 0 Å². The van der Waals surface area contributed by atoms with Crippen LogP contribution < -0.4 is 0 Å². The summed E-state index contributed by atoms with van der Waals surface area (Å²) in [7, 11) is 2.07. The molecule has 3 rings (SSSR count). The second-order valence-electron chi connectivity index (χ2n) is 6.40. The molecule has 1 N–H and O–H groups in total. The fourth-order valence-corrected chi connectivity index (χ4v) is 3.93. The van der Waals surface area contributed by atoms with Gasteiger partial charge in [-0.25, -0.2) is 0 Å². The van der Waals surface area contributed by atoms with E-state index in [0.29, 0.717) is 0 Å². The summed E-state index contributed by atoms with van der Waals surface area (Å²) in [5, 5.41) is 9.76. The van der Waals surface area contributed by atoms with E-state index >= 15 is 0 Å². The van der Waals surface area contributed by atoms with Crippen LogP contribution in [0.4, 0.5) is 0 Å². The third kappa shape index (κ3) is 2.68. The lowest BCUT2D eigenvalue weighted by molar-refractivity contribution is -0.162. The zero-order chi connectivity index (χ0) is 14.9. The Labute approximate surface area is 125 Å². The van der Waals surface area contributed by atoms with Crippen LogP contribution in [0.15, 0.2) is 24.5 Å². The van der Waals surface area contributed by atoms with Crippen molar-refractivity contribution in [3.05, 3.63) is 30.1 Å². The van der Waals surface area contributed by atoms with Gasteiger partial charge in [-0.2, -0.15) is 0 Å². The molecule has 0 bridgehead atoms. The molecule has 0 spiro atoms. The largest absolute Gasteiger partial charge is 0.481 e. The minimum Gasteiger partial charge on any atom is -0.481 e. The third-order valence-corrected chi connectivity index (χ3v) is 5.19. The first kappa shape index (κ1) is 14.5. The number of aliphatic carboxylic acids is 1. The first-order chi connectivity index (χ1) is 10.1. The highest BCUT2D eigenvalue weighted by Crippen LogP contribution is 2.42. The molecule has 21 heavy (non-hydrogen) atoms. The van der Waals surface area contributed by atoms with Crippen LogP contribution in [-0.4, -0.2) is 58.6 Å². The van der Waals surface area contributed by atoms with E-state index in [2.05, 4.69) is 21.8 Å². The van der Waals surface area contributed by atoms with Crippen molar-refractivity contribution in [2.45, 2.75) is 31.8 Å². The number of piperidine rings is 2. The molecule has 2 aliphatic rings. The predicted molar refractivity (Wildman–Crippen MR) is 79.9 cm³/mol. The highest BCUT2D eigenvalue weighted by Gasteiger charge is 2.52. The molecule has 2 atom stereocenters. The molecule has 1 aromatic heterocycles. The van der Waals surface area contributed by atoms with Crippen LogP contribution >= 0.6 is 0 Å². The molecule has 114 valence electrons. The summed E-state index contributed by atoms with van der Waals surface area (Å²) in [6.07, 6.45) is 6.19. The molecule has 2 saturated heterocycles. The van der Waals surface area contributed by atoms with Crippen LogP contribution in [0.1, 0.15) is 24.8 Å². The van der Waals surface area contributed by atoms with Crippen LogP contribution in [0.3, 0.4) is 0 Å². The van der Waals surface area contributed by atoms with Crippen molar-refractivity contribution in [3.8, 4) is 0 Å². The number of nitrogens with zero attached hydrogens (tertiary/aromatic N) is 3.